The number of halogens is 1. The van der Waals surface area contributed by atoms with Gasteiger partial charge in [0.1, 0.15) is 0 Å². The van der Waals surface area contributed by atoms with Crippen LogP contribution in [0, 0.1) is 0 Å². The van der Waals surface area contributed by atoms with Crippen molar-refractivity contribution in [2.45, 2.75) is 23.8 Å². The molecule has 8 heteroatoms. The summed E-state index contributed by atoms with van der Waals surface area (Å²) in [6.07, 6.45) is 1.98. The Labute approximate surface area is 139 Å². The first-order valence-electron chi connectivity index (χ1n) is 6.94. The van der Waals surface area contributed by atoms with Crippen LogP contribution in [-0.2, 0) is 14.8 Å². The van der Waals surface area contributed by atoms with E-state index in [-0.39, 0.29) is 16.9 Å². The minimum Gasteiger partial charge on any atom is -0.376 e. The Balaban J connectivity index is 2.16. The molecule has 1 amide bonds. The third-order valence-corrected chi connectivity index (χ3v) is 6.28. The Morgan fingerprint density at radius 2 is 2.18 bits per heavy atom. The Bertz CT molecular complexity index is 655. The number of nitrogens with zero attached hydrogens (tertiary/aromatic N) is 1. The van der Waals surface area contributed by atoms with Crippen LogP contribution in [0.4, 0.5) is 0 Å². The van der Waals surface area contributed by atoms with Crippen molar-refractivity contribution >= 4 is 31.9 Å². The summed E-state index contributed by atoms with van der Waals surface area (Å²) in [6, 6.07) is 4.53. The van der Waals surface area contributed by atoms with Crippen molar-refractivity contribution in [2.75, 3.05) is 27.2 Å². The van der Waals surface area contributed by atoms with Gasteiger partial charge in [0.05, 0.1) is 11.0 Å². The summed E-state index contributed by atoms with van der Waals surface area (Å²) in [5, 5.41) is 2.78. The van der Waals surface area contributed by atoms with E-state index in [9.17, 15) is 13.2 Å². The predicted octanol–water partition coefficient (Wildman–Crippen LogP) is 1.61. The molecule has 6 nitrogen and oxygen atoms in total. The van der Waals surface area contributed by atoms with E-state index >= 15 is 0 Å². The van der Waals surface area contributed by atoms with Gasteiger partial charge in [0.25, 0.3) is 5.91 Å². The molecule has 1 aromatic carbocycles. The first-order chi connectivity index (χ1) is 10.3. The molecule has 2 rings (SSSR count). The van der Waals surface area contributed by atoms with E-state index in [0.717, 1.165) is 23.8 Å². The zero-order chi connectivity index (χ0) is 16.3. The zero-order valence-electron chi connectivity index (χ0n) is 12.5. The molecule has 1 saturated heterocycles. The molecule has 1 unspecified atom stereocenters. The van der Waals surface area contributed by atoms with Gasteiger partial charge < -0.3 is 10.1 Å². The number of carbonyl (C=O) groups is 1. The third kappa shape index (κ3) is 3.87. The van der Waals surface area contributed by atoms with Gasteiger partial charge in [-0.25, -0.2) is 12.7 Å². The number of sulfonamides is 1. The van der Waals surface area contributed by atoms with Gasteiger partial charge in [-0.3, -0.25) is 4.79 Å². The van der Waals surface area contributed by atoms with Gasteiger partial charge in [-0.1, -0.05) is 0 Å². The monoisotopic (exact) mass is 390 g/mol. The topological polar surface area (TPSA) is 75.7 Å². The minimum absolute atomic E-state index is 0.0457. The molecule has 1 N–H and O–H groups in total. The maximum atomic E-state index is 12.2. The lowest BCUT2D eigenvalue weighted by Gasteiger charge is -2.15. The van der Waals surface area contributed by atoms with Gasteiger partial charge in [0, 0.05) is 37.3 Å². The van der Waals surface area contributed by atoms with Crippen LogP contribution in [0.2, 0.25) is 0 Å². The second kappa shape index (κ2) is 7.08. The molecule has 1 aliphatic heterocycles. The molecule has 1 heterocycles. The first-order valence-corrected chi connectivity index (χ1v) is 9.17. The number of hydrogen-bond acceptors (Lipinski definition) is 4. The number of benzene rings is 1. The minimum atomic E-state index is -3.61. The van der Waals surface area contributed by atoms with Gasteiger partial charge >= 0.3 is 0 Å². The molecular formula is C14H19BrN2O4S. The molecule has 1 aromatic rings. The van der Waals surface area contributed by atoms with Crippen LogP contribution in [0.1, 0.15) is 23.2 Å². The van der Waals surface area contributed by atoms with E-state index in [1.807, 2.05) is 0 Å². The summed E-state index contributed by atoms with van der Waals surface area (Å²) in [7, 11) is -0.712. The number of nitrogens with one attached hydrogen (secondary N) is 1. The molecule has 0 spiro atoms. The highest BCUT2D eigenvalue weighted by Gasteiger charge is 2.23. The average Bonchev–Trinajstić information content (AvgIpc) is 2.98. The highest BCUT2D eigenvalue weighted by molar-refractivity contribution is 9.10. The second-order valence-electron chi connectivity index (χ2n) is 5.28. The molecular weight excluding hydrogens is 372 g/mol. The van der Waals surface area contributed by atoms with E-state index in [4.69, 9.17) is 4.74 Å². The van der Waals surface area contributed by atoms with Crippen LogP contribution in [-0.4, -0.2) is 52.0 Å². The summed E-state index contributed by atoms with van der Waals surface area (Å²) in [6.45, 7) is 1.16. The number of hydrogen-bond donors (Lipinski definition) is 1. The fraction of sp³-hybridized carbons (Fsp3) is 0.500. The van der Waals surface area contributed by atoms with Crippen LogP contribution < -0.4 is 5.32 Å². The summed E-state index contributed by atoms with van der Waals surface area (Å²) < 4.78 is 31.5. The SMILES string of the molecule is CN(C)S(=O)(=O)c1cc(C(=O)NCC2CCCO2)ccc1Br. The van der Waals surface area contributed by atoms with Gasteiger partial charge in [0.15, 0.2) is 0 Å². The molecule has 1 aliphatic rings. The molecule has 0 aromatic heterocycles. The molecule has 0 saturated carbocycles. The largest absolute Gasteiger partial charge is 0.376 e. The molecule has 0 bridgehead atoms. The first kappa shape index (κ1) is 17.4. The summed E-state index contributed by atoms with van der Waals surface area (Å²) in [4.78, 5) is 12.2. The van der Waals surface area contributed by atoms with Gasteiger partial charge in [-0.2, -0.15) is 0 Å². The predicted molar refractivity (Wildman–Crippen MR) is 86.3 cm³/mol. The van der Waals surface area contributed by atoms with Crippen molar-refractivity contribution < 1.29 is 17.9 Å². The lowest BCUT2D eigenvalue weighted by atomic mass is 10.2. The maximum absolute atomic E-state index is 12.2. The zero-order valence-corrected chi connectivity index (χ0v) is 14.9. The van der Waals surface area contributed by atoms with E-state index in [0.29, 0.717) is 16.6 Å². The normalized spacial score (nSPS) is 18.6. The summed E-state index contributed by atoms with van der Waals surface area (Å²) in [5.41, 5.74) is 0.307. The van der Waals surface area contributed by atoms with Crippen LogP contribution in [0.15, 0.2) is 27.6 Å². The summed E-state index contributed by atoms with van der Waals surface area (Å²) >= 11 is 3.22. The highest BCUT2D eigenvalue weighted by atomic mass is 79.9. The van der Waals surface area contributed by atoms with E-state index in [2.05, 4.69) is 21.2 Å². The summed E-state index contributed by atoms with van der Waals surface area (Å²) in [5.74, 6) is -0.307. The van der Waals surface area contributed by atoms with Crippen molar-refractivity contribution in [2.24, 2.45) is 0 Å². The number of rotatable bonds is 5. The maximum Gasteiger partial charge on any atom is 0.251 e. The molecule has 0 aliphatic carbocycles. The number of amides is 1. The van der Waals surface area contributed by atoms with E-state index in [1.54, 1.807) is 12.1 Å². The molecule has 1 atom stereocenters. The smallest absolute Gasteiger partial charge is 0.251 e. The van der Waals surface area contributed by atoms with E-state index in [1.165, 1.54) is 20.2 Å². The lowest BCUT2D eigenvalue weighted by Crippen LogP contribution is -2.32. The second-order valence-corrected chi connectivity index (χ2v) is 8.25. The Kier molecular flexibility index (Phi) is 5.60. The van der Waals surface area contributed by atoms with E-state index < -0.39 is 10.0 Å². The van der Waals surface area contributed by atoms with Crippen molar-refractivity contribution in [3.8, 4) is 0 Å². The Hall–Kier alpha value is -0.960. The molecule has 122 valence electrons. The fourth-order valence-corrected chi connectivity index (χ4v) is 4.00. The van der Waals surface area contributed by atoms with Crippen LogP contribution >= 0.6 is 15.9 Å². The fourth-order valence-electron chi connectivity index (χ4n) is 2.15. The van der Waals surface area contributed by atoms with Gasteiger partial charge in [0.2, 0.25) is 10.0 Å². The highest BCUT2D eigenvalue weighted by Crippen LogP contribution is 2.25. The van der Waals surface area contributed by atoms with Crippen LogP contribution in [0.3, 0.4) is 0 Å². The van der Waals surface area contributed by atoms with Crippen LogP contribution in [0.25, 0.3) is 0 Å². The van der Waals surface area contributed by atoms with Crippen LogP contribution in [0.5, 0.6) is 0 Å². The number of carbonyl (C=O) groups excluding carboxylic acids is 1. The Morgan fingerprint density at radius 3 is 2.77 bits per heavy atom. The van der Waals surface area contributed by atoms with Gasteiger partial charge in [-0.15, -0.1) is 0 Å². The van der Waals surface area contributed by atoms with Crippen molar-refractivity contribution in [3.63, 3.8) is 0 Å². The Morgan fingerprint density at radius 1 is 1.45 bits per heavy atom. The van der Waals surface area contributed by atoms with Gasteiger partial charge in [-0.05, 0) is 47.0 Å². The lowest BCUT2D eigenvalue weighted by molar-refractivity contribution is 0.0857. The average molecular weight is 391 g/mol. The standard InChI is InChI=1S/C14H19BrN2O4S/c1-17(2)22(19,20)13-8-10(5-6-12(13)15)14(18)16-9-11-4-3-7-21-11/h5-6,8,11H,3-4,7,9H2,1-2H3,(H,16,18). The quantitative estimate of drug-likeness (QED) is 0.828. The molecule has 22 heavy (non-hydrogen) atoms. The molecule has 1 fully saturated rings. The van der Waals surface area contributed by atoms with Crippen molar-refractivity contribution in [1.29, 1.82) is 0 Å². The number of ether oxygens (including phenoxy) is 1. The van der Waals surface area contributed by atoms with Crippen molar-refractivity contribution in [1.82, 2.24) is 9.62 Å². The van der Waals surface area contributed by atoms with Crippen molar-refractivity contribution in [3.05, 3.63) is 28.2 Å². The molecule has 0 radical (unpaired) electrons. The third-order valence-electron chi connectivity index (χ3n) is 3.47.